The Morgan fingerprint density at radius 1 is 1.35 bits per heavy atom. The number of nitro groups is 1. The molecule has 2 aliphatic rings. The number of hydrogen-bond acceptors (Lipinski definition) is 4. The summed E-state index contributed by atoms with van der Waals surface area (Å²) in [5.41, 5.74) is 5.85. The Bertz CT molecular complexity index is 573. The minimum absolute atomic E-state index is 0.0535. The second kappa shape index (κ2) is 4.77. The van der Waals surface area contributed by atoms with E-state index in [4.69, 9.17) is 5.73 Å². The lowest BCUT2D eigenvalue weighted by Gasteiger charge is -2.22. The molecule has 20 heavy (non-hydrogen) atoms. The van der Waals surface area contributed by atoms with Crippen LogP contribution in [0.25, 0.3) is 0 Å². The number of nitro benzene ring substituents is 1. The van der Waals surface area contributed by atoms with Gasteiger partial charge in [0.25, 0.3) is 11.6 Å². The molecule has 106 valence electrons. The Hall–Kier alpha value is -2.11. The summed E-state index contributed by atoms with van der Waals surface area (Å²) in [6, 6.07) is 4.25. The number of carbonyl (C=O) groups is 1. The molecule has 3 atom stereocenters. The van der Waals surface area contributed by atoms with Crippen LogP contribution in [0.2, 0.25) is 0 Å². The van der Waals surface area contributed by atoms with Crippen molar-refractivity contribution in [1.29, 1.82) is 0 Å². The molecule has 0 spiro atoms. The molecule has 6 nitrogen and oxygen atoms in total. The Labute approximate surface area is 116 Å². The third-order valence-electron chi connectivity index (χ3n) is 4.52. The molecule has 0 saturated heterocycles. The van der Waals surface area contributed by atoms with Gasteiger partial charge in [-0.2, -0.15) is 0 Å². The van der Waals surface area contributed by atoms with Gasteiger partial charge in [-0.15, -0.1) is 0 Å². The number of rotatable bonds is 3. The number of nitrogens with zero attached hydrogens (tertiary/aromatic N) is 1. The van der Waals surface area contributed by atoms with Crippen molar-refractivity contribution in [3.05, 3.63) is 33.9 Å². The molecule has 2 aliphatic carbocycles. The predicted molar refractivity (Wildman–Crippen MR) is 74.2 cm³/mol. The average molecular weight is 275 g/mol. The van der Waals surface area contributed by atoms with E-state index >= 15 is 0 Å². The Balaban J connectivity index is 1.80. The summed E-state index contributed by atoms with van der Waals surface area (Å²) in [7, 11) is 0. The summed E-state index contributed by atoms with van der Waals surface area (Å²) in [5, 5.41) is 13.9. The molecular formula is C14H17N3O3. The first-order chi connectivity index (χ1) is 9.54. The first-order valence-electron chi connectivity index (χ1n) is 6.89. The molecule has 1 amide bonds. The van der Waals surface area contributed by atoms with Crippen LogP contribution in [0.1, 0.15) is 36.0 Å². The lowest BCUT2D eigenvalue weighted by Crippen LogP contribution is -2.38. The lowest BCUT2D eigenvalue weighted by atomic mass is 9.95. The SMILES string of the molecule is Nc1ccc([N+](=O)[O-])c(C(=O)NC2CC3CCC2C3)c1. The number of benzene rings is 1. The molecule has 0 heterocycles. The number of hydrogen-bond donors (Lipinski definition) is 2. The fourth-order valence-corrected chi connectivity index (χ4v) is 3.56. The van der Waals surface area contributed by atoms with E-state index in [2.05, 4.69) is 5.32 Å². The molecule has 0 aliphatic heterocycles. The number of anilines is 1. The van der Waals surface area contributed by atoms with Crippen LogP contribution in [0, 0.1) is 22.0 Å². The van der Waals surface area contributed by atoms with Crippen molar-refractivity contribution in [2.24, 2.45) is 11.8 Å². The Morgan fingerprint density at radius 2 is 2.15 bits per heavy atom. The van der Waals surface area contributed by atoms with Gasteiger partial charge in [0.15, 0.2) is 0 Å². The smallest absolute Gasteiger partial charge is 0.282 e. The maximum Gasteiger partial charge on any atom is 0.282 e. The van der Waals surface area contributed by atoms with Crippen molar-refractivity contribution in [3.63, 3.8) is 0 Å². The summed E-state index contributed by atoms with van der Waals surface area (Å²) in [5.74, 6) is 0.853. The molecule has 0 radical (unpaired) electrons. The van der Waals surface area contributed by atoms with Gasteiger partial charge >= 0.3 is 0 Å². The van der Waals surface area contributed by atoms with E-state index in [9.17, 15) is 14.9 Å². The van der Waals surface area contributed by atoms with Crippen LogP contribution < -0.4 is 11.1 Å². The van der Waals surface area contributed by atoms with Crippen LogP contribution in [0.4, 0.5) is 11.4 Å². The Kier molecular flexibility index (Phi) is 3.08. The lowest BCUT2D eigenvalue weighted by molar-refractivity contribution is -0.385. The molecule has 3 N–H and O–H groups in total. The summed E-state index contributed by atoms with van der Waals surface area (Å²) < 4.78 is 0. The van der Waals surface area contributed by atoms with E-state index in [1.165, 1.54) is 31.0 Å². The van der Waals surface area contributed by atoms with Gasteiger partial charge in [0.05, 0.1) is 4.92 Å². The average Bonchev–Trinajstić information content (AvgIpc) is 3.00. The number of amides is 1. The van der Waals surface area contributed by atoms with Crippen molar-refractivity contribution in [2.45, 2.75) is 31.7 Å². The van der Waals surface area contributed by atoms with Crippen LogP contribution >= 0.6 is 0 Å². The largest absolute Gasteiger partial charge is 0.399 e. The van der Waals surface area contributed by atoms with Crippen molar-refractivity contribution in [3.8, 4) is 0 Å². The van der Waals surface area contributed by atoms with E-state index in [-0.39, 0.29) is 23.2 Å². The molecule has 0 aromatic heterocycles. The molecule has 2 fully saturated rings. The highest BCUT2D eigenvalue weighted by Crippen LogP contribution is 2.44. The van der Waals surface area contributed by atoms with Gasteiger partial charge in [0.2, 0.25) is 0 Å². The third-order valence-corrected chi connectivity index (χ3v) is 4.52. The topological polar surface area (TPSA) is 98.3 Å². The zero-order valence-corrected chi connectivity index (χ0v) is 11.0. The van der Waals surface area contributed by atoms with Crippen molar-refractivity contribution >= 4 is 17.3 Å². The van der Waals surface area contributed by atoms with Crippen molar-refractivity contribution < 1.29 is 9.72 Å². The van der Waals surface area contributed by atoms with E-state index < -0.39 is 4.92 Å². The van der Waals surface area contributed by atoms with Gasteiger partial charge in [0.1, 0.15) is 5.56 Å². The Morgan fingerprint density at radius 3 is 2.75 bits per heavy atom. The number of nitrogen functional groups attached to an aromatic ring is 1. The molecule has 6 heteroatoms. The second-order valence-electron chi connectivity index (χ2n) is 5.79. The van der Waals surface area contributed by atoms with Gasteiger partial charge < -0.3 is 11.1 Å². The zero-order chi connectivity index (χ0) is 14.3. The molecule has 3 unspecified atom stereocenters. The highest BCUT2D eigenvalue weighted by Gasteiger charge is 2.40. The van der Waals surface area contributed by atoms with Gasteiger partial charge in [-0.3, -0.25) is 14.9 Å². The normalized spacial score (nSPS) is 27.5. The number of fused-ring (bicyclic) bond motifs is 2. The highest BCUT2D eigenvalue weighted by atomic mass is 16.6. The van der Waals surface area contributed by atoms with Crippen molar-refractivity contribution in [2.75, 3.05) is 5.73 Å². The fraction of sp³-hybridized carbons (Fsp3) is 0.500. The van der Waals surface area contributed by atoms with Crippen LogP contribution in [-0.2, 0) is 0 Å². The number of nitrogens with two attached hydrogens (primary N) is 1. The molecule has 1 aromatic carbocycles. The minimum atomic E-state index is -0.546. The standard InChI is InChI=1S/C14H17N3O3/c15-10-3-4-13(17(19)20)11(7-10)14(18)16-12-6-8-1-2-9(12)5-8/h3-4,7-9,12H,1-2,5-6,15H2,(H,16,18). The van der Waals surface area contributed by atoms with Crippen LogP contribution in [-0.4, -0.2) is 16.9 Å². The molecule has 3 rings (SSSR count). The van der Waals surface area contributed by atoms with Gasteiger partial charge in [-0.1, -0.05) is 6.42 Å². The third kappa shape index (κ3) is 2.21. The van der Waals surface area contributed by atoms with E-state index in [0.717, 1.165) is 12.8 Å². The summed E-state index contributed by atoms with van der Waals surface area (Å²) in [6.45, 7) is 0. The fourth-order valence-electron chi connectivity index (χ4n) is 3.56. The predicted octanol–water partition coefficient (Wildman–Crippen LogP) is 2.10. The van der Waals surface area contributed by atoms with Crippen LogP contribution in [0.5, 0.6) is 0 Å². The molecule has 2 saturated carbocycles. The molecular weight excluding hydrogens is 258 g/mol. The van der Waals surface area contributed by atoms with Crippen LogP contribution in [0.15, 0.2) is 18.2 Å². The summed E-state index contributed by atoms with van der Waals surface area (Å²) in [4.78, 5) is 22.7. The minimum Gasteiger partial charge on any atom is -0.399 e. The quantitative estimate of drug-likeness (QED) is 0.501. The van der Waals surface area contributed by atoms with Crippen LogP contribution in [0.3, 0.4) is 0 Å². The molecule has 1 aromatic rings. The molecule has 2 bridgehead atoms. The van der Waals surface area contributed by atoms with Gasteiger partial charge in [0, 0.05) is 17.8 Å². The first-order valence-corrected chi connectivity index (χ1v) is 6.89. The van der Waals surface area contributed by atoms with E-state index in [1.54, 1.807) is 0 Å². The van der Waals surface area contributed by atoms with Gasteiger partial charge in [-0.25, -0.2) is 0 Å². The second-order valence-corrected chi connectivity index (χ2v) is 5.79. The zero-order valence-electron chi connectivity index (χ0n) is 11.0. The first kappa shape index (κ1) is 12.9. The van der Waals surface area contributed by atoms with Crippen molar-refractivity contribution in [1.82, 2.24) is 5.32 Å². The summed E-state index contributed by atoms with van der Waals surface area (Å²) in [6.07, 6.45) is 4.56. The maximum absolute atomic E-state index is 12.3. The maximum atomic E-state index is 12.3. The van der Waals surface area contributed by atoms with E-state index in [0.29, 0.717) is 17.5 Å². The summed E-state index contributed by atoms with van der Waals surface area (Å²) >= 11 is 0. The van der Waals surface area contributed by atoms with Gasteiger partial charge in [-0.05, 0) is 43.2 Å². The monoisotopic (exact) mass is 275 g/mol. The number of carbonyl (C=O) groups excluding carboxylic acids is 1. The van der Waals surface area contributed by atoms with E-state index in [1.807, 2.05) is 0 Å². The highest BCUT2D eigenvalue weighted by molar-refractivity contribution is 5.99. The number of nitrogens with one attached hydrogen (secondary N) is 1.